The highest BCUT2D eigenvalue weighted by molar-refractivity contribution is 7.89. The number of amides is 1. The third-order valence-electron chi connectivity index (χ3n) is 6.68. The Balaban J connectivity index is 1.32. The molecule has 1 aromatic heterocycles. The largest absolute Gasteiger partial charge is 0.368 e. The van der Waals surface area contributed by atoms with Crippen molar-refractivity contribution in [3.63, 3.8) is 0 Å². The van der Waals surface area contributed by atoms with E-state index >= 15 is 0 Å². The molecule has 0 unspecified atom stereocenters. The lowest BCUT2D eigenvalue weighted by Gasteiger charge is -2.39. The van der Waals surface area contributed by atoms with Gasteiger partial charge in [0.1, 0.15) is 0 Å². The molecule has 0 radical (unpaired) electrons. The maximum absolute atomic E-state index is 13.1. The number of imidazole rings is 1. The van der Waals surface area contributed by atoms with Crippen LogP contribution in [0.25, 0.3) is 0 Å². The molecule has 0 aliphatic carbocycles. The van der Waals surface area contributed by atoms with Gasteiger partial charge in [0.25, 0.3) is 10.0 Å². The molecule has 0 bridgehead atoms. The summed E-state index contributed by atoms with van der Waals surface area (Å²) in [6.07, 6.45) is 4.21. The molecular weight excluding hydrogens is 462 g/mol. The molecule has 2 aliphatic heterocycles. The van der Waals surface area contributed by atoms with Crippen LogP contribution >= 0.6 is 11.6 Å². The lowest BCUT2D eigenvalue weighted by atomic mass is 9.96. The normalized spacial score (nSPS) is 18.8. The van der Waals surface area contributed by atoms with Crippen molar-refractivity contribution in [3.8, 4) is 0 Å². The van der Waals surface area contributed by atoms with Crippen molar-refractivity contribution in [2.45, 2.75) is 44.7 Å². The number of hydrogen-bond acceptors (Lipinski definition) is 5. The van der Waals surface area contributed by atoms with Crippen molar-refractivity contribution < 1.29 is 13.2 Å². The number of hydrogen-bond donors (Lipinski definition) is 0. The molecular formula is C23H32ClN5O3S. The maximum Gasteiger partial charge on any atom is 0.262 e. The van der Waals surface area contributed by atoms with E-state index in [0.29, 0.717) is 44.0 Å². The highest BCUT2D eigenvalue weighted by Gasteiger charge is 2.35. The van der Waals surface area contributed by atoms with Gasteiger partial charge in [0.2, 0.25) is 5.91 Å². The first-order valence-electron chi connectivity index (χ1n) is 11.5. The van der Waals surface area contributed by atoms with Crippen LogP contribution in [0.5, 0.6) is 0 Å². The van der Waals surface area contributed by atoms with Gasteiger partial charge < -0.3 is 14.4 Å². The molecule has 2 fully saturated rings. The molecule has 10 heteroatoms. The van der Waals surface area contributed by atoms with Gasteiger partial charge in [0.05, 0.1) is 6.33 Å². The quantitative estimate of drug-likeness (QED) is 0.639. The number of anilines is 1. The van der Waals surface area contributed by atoms with E-state index in [9.17, 15) is 13.2 Å². The molecule has 0 spiro atoms. The SMILES string of the molecule is Cc1ccc(Cl)cc1N1CCN(C(=O)C2CCN(S(=O)(=O)c3cn(C(C)C)cn3)CC2)CC1. The van der Waals surface area contributed by atoms with Gasteiger partial charge in [-0.3, -0.25) is 4.79 Å². The number of nitrogens with zero attached hydrogens (tertiary/aromatic N) is 5. The van der Waals surface area contributed by atoms with Crippen LogP contribution in [-0.2, 0) is 14.8 Å². The number of aromatic nitrogens is 2. The van der Waals surface area contributed by atoms with Gasteiger partial charge in [-0.2, -0.15) is 4.31 Å². The summed E-state index contributed by atoms with van der Waals surface area (Å²) in [4.78, 5) is 21.4. The zero-order valence-corrected chi connectivity index (χ0v) is 21.0. The molecule has 180 valence electrons. The second-order valence-corrected chi connectivity index (χ2v) is 11.5. The predicted molar refractivity (Wildman–Crippen MR) is 129 cm³/mol. The molecule has 2 aromatic rings. The summed E-state index contributed by atoms with van der Waals surface area (Å²) in [5.74, 6) is 0.00252. The van der Waals surface area contributed by atoms with Gasteiger partial charge in [-0.05, 0) is 51.3 Å². The van der Waals surface area contributed by atoms with Crippen LogP contribution in [0.2, 0.25) is 5.02 Å². The van der Waals surface area contributed by atoms with Crippen LogP contribution < -0.4 is 4.90 Å². The van der Waals surface area contributed by atoms with E-state index in [2.05, 4.69) is 16.8 Å². The Labute approximate surface area is 201 Å². The van der Waals surface area contributed by atoms with Crippen LogP contribution in [0.4, 0.5) is 5.69 Å². The minimum Gasteiger partial charge on any atom is -0.368 e. The smallest absolute Gasteiger partial charge is 0.262 e. The van der Waals surface area contributed by atoms with Gasteiger partial charge in [0.15, 0.2) is 5.03 Å². The van der Waals surface area contributed by atoms with Gasteiger partial charge in [-0.25, -0.2) is 13.4 Å². The first kappa shape index (κ1) is 24.0. The topological polar surface area (TPSA) is 78.8 Å². The molecule has 0 saturated carbocycles. The van der Waals surface area contributed by atoms with Gasteiger partial charge in [-0.15, -0.1) is 0 Å². The molecule has 0 N–H and O–H groups in total. The zero-order valence-electron chi connectivity index (χ0n) is 19.4. The number of halogens is 1. The summed E-state index contributed by atoms with van der Waals surface area (Å²) in [5.41, 5.74) is 2.29. The molecule has 8 nitrogen and oxygen atoms in total. The number of aryl methyl sites for hydroxylation is 1. The Bertz CT molecular complexity index is 1100. The number of benzene rings is 1. The lowest BCUT2D eigenvalue weighted by molar-refractivity contribution is -0.137. The third kappa shape index (κ3) is 5.05. The Kier molecular flexibility index (Phi) is 7.02. The van der Waals surface area contributed by atoms with E-state index < -0.39 is 10.0 Å². The van der Waals surface area contributed by atoms with E-state index in [-0.39, 0.29) is 22.9 Å². The summed E-state index contributed by atoms with van der Waals surface area (Å²) in [6, 6.07) is 6.04. The first-order chi connectivity index (χ1) is 15.7. The van der Waals surface area contributed by atoms with Crippen molar-refractivity contribution in [2.75, 3.05) is 44.2 Å². The minimum absolute atomic E-state index is 0.0772. The first-order valence-corrected chi connectivity index (χ1v) is 13.3. The summed E-state index contributed by atoms with van der Waals surface area (Å²) in [7, 11) is -3.64. The van der Waals surface area contributed by atoms with E-state index in [1.807, 2.05) is 36.9 Å². The lowest BCUT2D eigenvalue weighted by Crippen LogP contribution is -2.52. The number of carbonyl (C=O) groups is 1. The van der Waals surface area contributed by atoms with Gasteiger partial charge in [-0.1, -0.05) is 17.7 Å². The van der Waals surface area contributed by atoms with Crippen molar-refractivity contribution >= 4 is 33.2 Å². The molecule has 0 atom stereocenters. The predicted octanol–water partition coefficient (Wildman–Crippen LogP) is 3.18. The van der Waals surface area contributed by atoms with Gasteiger partial charge >= 0.3 is 0 Å². The van der Waals surface area contributed by atoms with E-state index in [0.717, 1.165) is 18.8 Å². The Hall–Kier alpha value is -2.10. The summed E-state index contributed by atoms with van der Waals surface area (Å²) in [6.45, 7) is 9.56. The van der Waals surface area contributed by atoms with Gasteiger partial charge in [0, 0.05) is 68.1 Å². The van der Waals surface area contributed by atoms with Crippen molar-refractivity contribution in [2.24, 2.45) is 5.92 Å². The number of carbonyl (C=O) groups excluding carboxylic acids is 1. The van der Waals surface area contributed by atoms with E-state index in [1.165, 1.54) is 9.87 Å². The van der Waals surface area contributed by atoms with Crippen LogP contribution in [0, 0.1) is 12.8 Å². The standard InChI is InChI=1S/C23H32ClN5O3S/c1-17(2)28-15-22(25-16-28)33(31,32)29-8-6-19(7-9-29)23(30)27-12-10-26(11-13-27)21-14-20(24)5-4-18(21)3/h4-5,14-17,19H,6-13H2,1-3H3. The number of rotatable bonds is 5. The van der Waals surface area contributed by atoms with Crippen LogP contribution in [0.1, 0.15) is 38.3 Å². The fourth-order valence-electron chi connectivity index (χ4n) is 4.56. The molecule has 2 aliphatic rings. The Morgan fingerprint density at radius 2 is 1.76 bits per heavy atom. The Morgan fingerprint density at radius 1 is 1.09 bits per heavy atom. The average molecular weight is 494 g/mol. The molecule has 2 saturated heterocycles. The fraction of sp³-hybridized carbons (Fsp3) is 0.565. The highest BCUT2D eigenvalue weighted by Crippen LogP contribution is 2.28. The monoisotopic (exact) mass is 493 g/mol. The van der Waals surface area contributed by atoms with E-state index in [1.54, 1.807) is 17.1 Å². The van der Waals surface area contributed by atoms with Crippen molar-refractivity contribution in [1.29, 1.82) is 0 Å². The minimum atomic E-state index is -3.64. The summed E-state index contributed by atoms with van der Waals surface area (Å²) >= 11 is 6.17. The fourth-order valence-corrected chi connectivity index (χ4v) is 6.12. The molecule has 1 amide bonds. The highest BCUT2D eigenvalue weighted by atomic mass is 35.5. The molecule has 3 heterocycles. The van der Waals surface area contributed by atoms with Crippen molar-refractivity contribution in [3.05, 3.63) is 41.3 Å². The molecule has 4 rings (SSSR count). The average Bonchev–Trinajstić information content (AvgIpc) is 3.32. The van der Waals surface area contributed by atoms with Crippen molar-refractivity contribution in [1.82, 2.24) is 18.8 Å². The summed E-state index contributed by atoms with van der Waals surface area (Å²) < 4.78 is 29.2. The Morgan fingerprint density at radius 3 is 2.36 bits per heavy atom. The number of piperidine rings is 1. The second-order valence-electron chi connectivity index (χ2n) is 9.17. The number of sulfonamides is 1. The third-order valence-corrected chi connectivity index (χ3v) is 8.70. The van der Waals surface area contributed by atoms with Crippen LogP contribution in [0.15, 0.2) is 35.7 Å². The van der Waals surface area contributed by atoms with Crippen LogP contribution in [-0.4, -0.2) is 72.3 Å². The maximum atomic E-state index is 13.1. The number of piperazine rings is 1. The molecule has 33 heavy (non-hydrogen) atoms. The zero-order chi connectivity index (χ0) is 23.8. The van der Waals surface area contributed by atoms with Crippen LogP contribution in [0.3, 0.4) is 0 Å². The van der Waals surface area contributed by atoms with E-state index in [4.69, 9.17) is 11.6 Å². The second kappa shape index (κ2) is 9.64. The summed E-state index contributed by atoms with van der Waals surface area (Å²) in [5, 5.41) is 0.792. The molecule has 1 aromatic carbocycles.